The molecule has 0 bridgehead atoms. The van der Waals surface area contributed by atoms with Gasteiger partial charge in [-0.25, -0.2) is 0 Å². The van der Waals surface area contributed by atoms with Crippen molar-refractivity contribution in [3.63, 3.8) is 0 Å². The zero-order chi connectivity index (χ0) is 21.1. The van der Waals surface area contributed by atoms with Crippen molar-refractivity contribution in [3.8, 4) is 6.07 Å². The largest absolute Gasteiger partial charge is 0.481 e. The molecule has 1 atom stereocenters. The highest BCUT2D eigenvalue weighted by atomic mass is 32.2. The molecule has 2 rings (SSSR count). The lowest BCUT2D eigenvalue weighted by Gasteiger charge is -2.34. The molecule has 0 radical (unpaired) electrons. The fraction of sp³-hybridized carbons (Fsp3) is 0.455. The number of nitriles is 1. The number of nitrogens with zero attached hydrogens (tertiary/aromatic N) is 2. The summed E-state index contributed by atoms with van der Waals surface area (Å²) in [6, 6.07) is 8.94. The van der Waals surface area contributed by atoms with E-state index in [0.717, 1.165) is 29.9 Å². The quantitative estimate of drug-likeness (QED) is 0.441. The van der Waals surface area contributed by atoms with Crippen LogP contribution >= 0.6 is 11.8 Å². The minimum atomic E-state index is -0.785. The zero-order valence-electron chi connectivity index (χ0n) is 16.4. The van der Waals surface area contributed by atoms with Crippen LogP contribution in [0.25, 0.3) is 0 Å². The topological polar surface area (TPSA) is 98.5 Å². The molecule has 29 heavy (non-hydrogen) atoms. The van der Waals surface area contributed by atoms with E-state index < -0.39 is 5.97 Å². The third-order valence-corrected chi connectivity index (χ3v) is 5.78. The average Bonchev–Trinajstić information content (AvgIpc) is 2.70. The normalized spacial score (nSPS) is 16.7. The highest BCUT2D eigenvalue weighted by molar-refractivity contribution is 7.99. The molecule has 0 aliphatic carbocycles. The summed E-state index contributed by atoms with van der Waals surface area (Å²) in [6.07, 6.45) is 6.65. The number of rotatable bonds is 11. The molecule has 7 heteroatoms. The maximum absolute atomic E-state index is 12.3. The highest BCUT2D eigenvalue weighted by Crippen LogP contribution is 2.20. The van der Waals surface area contributed by atoms with Crippen molar-refractivity contribution >= 4 is 29.4 Å². The van der Waals surface area contributed by atoms with Gasteiger partial charge in [-0.15, -0.1) is 0 Å². The van der Waals surface area contributed by atoms with Gasteiger partial charge in [-0.05, 0) is 48.8 Å². The summed E-state index contributed by atoms with van der Waals surface area (Å²) in [5, 5.41) is 17.5. The van der Waals surface area contributed by atoms with E-state index in [1.54, 1.807) is 42.1 Å². The molecule has 6 nitrogen and oxygen atoms in total. The number of ketones is 1. The van der Waals surface area contributed by atoms with Crippen LogP contribution in [0.3, 0.4) is 0 Å². The van der Waals surface area contributed by atoms with Gasteiger partial charge >= 0.3 is 5.97 Å². The first kappa shape index (κ1) is 22.7. The molecule has 1 fully saturated rings. The van der Waals surface area contributed by atoms with Gasteiger partial charge in [0.1, 0.15) is 0 Å². The molecule has 1 aromatic carbocycles. The van der Waals surface area contributed by atoms with Gasteiger partial charge < -0.3 is 10.0 Å². The van der Waals surface area contributed by atoms with Gasteiger partial charge in [0.15, 0.2) is 5.78 Å². The maximum atomic E-state index is 12.3. The van der Waals surface area contributed by atoms with Crippen LogP contribution < -0.4 is 0 Å². The number of allylic oxidation sites excluding steroid dienone is 1. The molecular weight excluding hydrogens is 388 g/mol. The Morgan fingerprint density at radius 2 is 2.03 bits per heavy atom. The Morgan fingerprint density at radius 3 is 2.72 bits per heavy atom. The van der Waals surface area contributed by atoms with Crippen LogP contribution in [-0.4, -0.2) is 51.8 Å². The summed E-state index contributed by atoms with van der Waals surface area (Å²) in [6.45, 7) is 0.607. The van der Waals surface area contributed by atoms with Crippen LogP contribution in [0.4, 0.5) is 0 Å². The lowest BCUT2D eigenvalue weighted by Crippen LogP contribution is -2.43. The number of benzene rings is 1. The van der Waals surface area contributed by atoms with E-state index in [1.807, 2.05) is 11.0 Å². The molecule has 1 N–H and O–H groups in total. The van der Waals surface area contributed by atoms with Crippen LogP contribution in [0.15, 0.2) is 36.4 Å². The van der Waals surface area contributed by atoms with E-state index in [0.29, 0.717) is 24.9 Å². The van der Waals surface area contributed by atoms with E-state index in [4.69, 9.17) is 10.4 Å². The molecule has 1 aliphatic heterocycles. The number of piperidine rings is 1. The Morgan fingerprint density at radius 1 is 1.28 bits per heavy atom. The second kappa shape index (κ2) is 12.1. The molecule has 1 aliphatic rings. The summed E-state index contributed by atoms with van der Waals surface area (Å²) in [4.78, 5) is 36.9. The first-order chi connectivity index (χ1) is 14.0. The third kappa shape index (κ3) is 8.12. The second-order valence-electron chi connectivity index (χ2n) is 6.97. The van der Waals surface area contributed by atoms with E-state index in [2.05, 4.69) is 6.07 Å². The lowest BCUT2D eigenvalue weighted by molar-refractivity contribution is -0.137. The SMILES string of the molecule is N#Cc1ccc(CC(=O)/C=C/[C@H]2CCCC(=O)N2CCSCCCC(=O)O)cc1. The van der Waals surface area contributed by atoms with E-state index in [-0.39, 0.29) is 30.6 Å². The number of aliphatic carboxylic acids is 1. The number of thioether (sulfide) groups is 1. The van der Waals surface area contributed by atoms with Gasteiger partial charge in [0, 0.05) is 31.6 Å². The molecule has 0 spiro atoms. The van der Waals surface area contributed by atoms with Crippen molar-refractivity contribution in [2.45, 2.75) is 44.6 Å². The van der Waals surface area contributed by atoms with Crippen molar-refractivity contribution in [2.24, 2.45) is 0 Å². The second-order valence-corrected chi connectivity index (χ2v) is 8.19. The third-order valence-electron chi connectivity index (χ3n) is 4.73. The van der Waals surface area contributed by atoms with Crippen molar-refractivity contribution in [2.75, 3.05) is 18.1 Å². The number of amides is 1. The summed E-state index contributed by atoms with van der Waals surface area (Å²) in [7, 11) is 0. The average molecular weight is 415 g/mol. The number of hydrogen-bond donors (Lipinski definition) is 1. The number of carbonyl (C=O) groups excluding carboxylic acids is 2. The van der Waals surface area contributed by atoms with Crippen LogP contribution in [0, 0.1) is 11.3 Å². The van der Waals surface area contributed by atoms with Gasteiger partial charge in [0.05, 0.1) is 17.7 Å². The van der Waals surface area contributed by atoms with E-state index >= 15 is 0 Å². The number of carboxylic acids is 1. The molecule has 1 aromatic rings. The fourth-order valence-corrected chi connectivity index (χ4v) is 4.08. The molecular formula is C22H26N2O4S. The van der Waals surface area contributed by atoms with Crippen molar-refractivity contribution in [3.05, 3.63) is 47.5 Å². The Kier molecular flexibility index (Phi) is 9.45. The molecule has 1 heterocycles. The fourth-order valence-electron chi connectivity index (χ4n) is 3.20. The summed E-state index contributed by atoms with van der Waals surface area (Å²) in [5.41, 5.74) is 1.42. The van der Waals surface area contributed by atoms with Gasteiger partial charge in [-0.2, -0.15) is 17.0 Å². The number of hydrogen-bond acceptors (Lipinski definition) is 5. The van der Waals surface area contributed by atoms with Gasteiger partial charge in [0.25, 0.3) is 0 Å². The van der Waals surface area contributed by atoms with E-state index in [9.17, 15) is 14.4 Å². The van der Waals surface area contributed by atoms with Crippen LogP contribution in [-0.2, 0) is 20.8 Å². The highest BCUT2D eigenvalue weighted by Gasteiger charge is 2.25. The lowest BCUT2D eigenvalue weighted by atomic mass is 10.00. The van der Waals surface area contributed by atoms with Gasteiger partial charge in [-0.3, -0.25) is 14.4 Å². The van der Waals surface area contributed by atoms with Gasteiger partial charge in [0.2, 0.25) is 5.91 Å². The molecule has 1 saturated heterocycles. The van der Waals surface area contributed by atoms with Gasteiger partial charge in [-0.1, -0.05) is 18.2 Å². The van der Waals surface area contributed by atoms with Crippen LogP contribution in [0.1, 0.15) is 43.2 Å². The molecule has 0 aromatic heterocycles. The minimum absolute atomic E-state index is 0.0317. The van der Waals surface area contributed by atoms with Crippen molar-refractivity contribution in [1.82, 2.24) is 4.90 Å². The molecule has 1 amide bonds. The summed E-state index contributed by atoms with van der Waals surface area (Å²) < 4.78 is 0. The standard InChI is InChI=1S/C22H26N2O4S/c23-16-18-8-6-17(7-9-18)15-20(25)11-10-19-3-1-4-21(26)24(19)12-14-29-13-2-5-22(27)28/h6-11,19H,1-5,12-15H2,(H,27,28)/b11-10+/t19-/m1/s1. The predicted octanol–water partition coefficient (Wildman–Crippen LogP) is 3.21. The monoisotopic (exact) mass is 414 g/mol. The number of carboxylic acid groups (broad SMARTS) is 1. The van der Waals surface area contributed by atoms with Crippen LogP contribution in [0.2, 0.25) is 0 Å². The first-order valence-electron chi connectivity index (χ1n) is 9.78. The molecule has 0 unspecified atom stereocenters. The number of likely N-dealkylation sites (tertiary alicyclic amines) is 1. The predicted molar refractivity (Wildman–Crippen MR) is 113 cm³/mol. The molecule has 0 saturated carbocycles. The van der Waals surface area contributed by atoms with E-state index in [1.165, 1.54) is 0 Å². The smallest absolute Gasteiger partial charge is 0.303 e. The Hall–Kier alpha value is -2.59. The van der Waals surface area contributed by atoms with Crippen LogP contribution in [0.5, 0.6) is 0 Å². The van der Waals surface area contributed by atoms with Crippen molar-refractivity contribution in [1.29, 1.82) is 5.26 Å². The Labute approximate surface area is 175 Å². The number of carbonyl (C=O) groups is 3. The maximum Gasteiger partial charge on any atom is 0.303 e. The zero-order valence-corrected chi connectivity index (χ0v) is 17.2. The minimum Gasteiger partial charge on any atom is -0.481 e. The Balaban J connectivity index is 1.83. The molecule has 154 valence electrons. The summed E-state index contributed by atoms with van der Waals surface area (Å²) >= 11 is 1.65. The summed E-state index contributed by atoms with van der Waals surface area (Å²) in [5.74, 6) is 0.812. The Bertz CT molecular complexity index is 783. The first-order valence-corrected chi connectivity index (χ1v) is 10.9. The van der Waals surface area contributed by atoms with Crippen molar-refractivity contribution < 1.29 is 19.5 Å².